The molecule has 1 aromatic heterocycles. The molecule has 82 valence electrons. The van der Waals surface area contributed by atoms with E-state index in [2.05, 4.69) is 11.9 Å². The van der Waals surface area contributed by atoms with Crippen molar-refractivity contribution in [3.63, 3.8) is 0 Å². The fourth-order valence-electron chi connectivity index (χ4n) is 1.53. The predicted octanol–water partition coefficient (Wildman–Crippen LogP) is 3.51. The number of aromatic nitrogens is 1. The van der Waals surface area contributed by atoms with Crippen molar-refractivity contribution in [2.24, 2.45) is 0 Å². The second kappa shape index (κ2) is 5.26. The van der Waals surface area contributed by atoms with Crippen LogP contribution in [-0.4, -0.2) is 11.3 Å². The Labute approximate surface area is 95.7 Å². The number of rotatable bonds is 4. The van der Waals surface area contributed by atoms with E-state index >= 15 is 0 Å². The smallest absolute Gasteiger partial charge is 0.152 e. The maximum absolute atomic E-state index is 11.0. The van der Waals surface area contributed by atoms with Crippen LogP contribution in [0.5, 0.6) is 0 Å². The Kier molecular flexibility index (Phi) is 4.28. The molecule has 0 aliphatic rings. The normalized spacial score (nSPS) is 10.4. The largest absolute Gasteiger partial charge is 0.298 e. The van der Waals surface area contributed by atoms with Crippen LogP contribution in [-0.2, 0) is 6.42 Å². The van der Waals surface area contributed by atoms with E-state index in [4.69, 9.17) is 11.6 Å². The predicted molar refractivity (Wildman–Crippen MR) is 62.7 cm³/mol. The van der Waals surface area contributed by atoms with E-state index < -0.39 is 0 Å². The van der Waals surface area contributed by atoms with Gasteiger partial charge in [-0.2, -0.15) is 0 Å². The summed E-state index contributed by atoms with van der Waals surface area (Å²) in [6.07, 6.45) is 3.83. The first-order chi connectivity index (χ1) is 7.11. The molecule has 0 aliphatic heterocycles. The van der Waals surface area contributed by atoms with Crippen molar-refractivity contribution in [2.45, 2.75) is 40.0 Å². The van der Waals surface area contributed by atoms with Crippen molar-refractivity contribution in [1.29, 1.82) is 0 Å². The Bertz CT molecular complexity index is 374. The number of aryl methyl sites for hydroxylation is 1. The van der Waals surface area contributed by atoms with Crippen LogP contribution in [0.2, 0.25) is 5.15 Å². The number of pyridine rings is 1. The Hall–Kier alpha value is -0.890. The molecule has 0 radical (unpaired) electrons. The fourth-order valence-corrected chi connectivity index (χ4v) is 1.77. The fraction of sp³-hybridized carbons (Fsp3) is 0.500. The van der Waals surface area contributed by atoms with E-state index in [0.29, 0.717) is 10.7 Å². The second-order valence-corrected chi connectivity index (χ2v) is 4.09. The minimum absolute atomic E-state index is 0.518. The quantitative estimate of drug-likeness (QED) is 0.580. The molecular formula is C12H16ClNO. The molecule has 0 saturated carbocycles. The van der Waals surface area contributed by atoms with Gasteiger partial charge in [0.15, 0.2) is 6.29 Å². The van der Waals surface area contributed by atoms with E-state index in [-0.39, 0.29) is 0 Å². The number of hydrogen-bond acceptors (Lipinski definition) is 2. The Balaban J connectivity index is 3.19. The van der Waals surface area contributed by atoms with E-state index in [1.54, 1.807) is 0 Å². The first-order valence-corrected chi connectivity index (χ1v) is 5.60. The SMILES string of the molecule is CCCCc1nc(Cl)c(C)c(C)c1C=O. The van der Waals surface area contributed by atoms with Crippen LogP contribution in [0.15, 0.2) is 0 Å². The van der Waals surface area contributed by atoms with E-state index in [9.17, 15) is 4.79 Å². The van der Waals surface area contributed by atoms with Gasteiger partial charge in [-0.15, -0.1) is 0 Å². The molecule has 0 atom stereocenters. The van der Waals surface area contributed by atoms with E-state index in [0.717, 1.165) is 42.4 Å². The Morgan fingerprint density at radius 2 is 2.00 bits per heavy atom. The third kappa shape index (κ3) is 2.57. The number of hydrogen-bond donors (Lipinski definition) is 0. The van der Waals surface area contributed by atoms with Gasteiger partial charge in [0.1, 0.15) is 5.15 Å². The first-order valence-electron chi connectivity index (χ1n) is 5.22. The lowest BCUT2D eigenvalue weighted by molar-refractivity contribution is 0.112. The van der Waals surface area contributed by atoms with Crippen molar-refractivity contribution < 1.29 is 4.79 Å². The van der Waals surface area contributed by atoms with Gasteiger partial charge >= 0.3 is 0 Å². The van der Waals surface area contributed by atoms with Gasteiger partial charge in [-0.1, -0.05) is 24.9 Å². The molecule has 0 unspecified atom stereocenters. The summed E-state index contributed by atoms with van der Waals surface area (Å²) in [5.41, 5.74) is 3.40. The van der Waals surface area contributed by atoms with Gasteiger partial charge in [0, 0.05) is 5.56 Å². The summed E-state index contributed by atoms with van der Waals surface area (Å²) in [5, 5.41) is 0.518. The summed E-state index contributed by atoms with van der Waals surface area (Å²) in [6.45, 7) is 5.92. The van der Waals surface area contributed by atoms with Crippen LogP contribution < -0.4 is 0 Å². The molecule has 0 aromatic carbocycles. The zero-order valence-electron chi connectivity index (χ0n) is 9.43. The molecule has 0 amide bonds. The highest BCUT2D eigenvalue weighted by molar-refractivity contribution is 6.30. The van der Waals surface area contributed by atoms with Crippen molar-refractivity contribution in [1.82, 2.24) is 4.98 Å². The van der Waals surface area contributed by atoms with Gasteiger partial charge in [0.25, 0.3) is 0 Å². The van der Waals surface area contributed by atoms with Crippen molar-refractivity contribution in [2.75, 3.05) is 0 Å². The molecule has 2 nitrogen and oxygen atoms in total. The van der Waals surface area contributed by atoms with Crippen LogP contribution in [0.4, 0.5) is 0 Å². The average Bonchev–Trinajstić information content (AvgIpc) is 2.23. The Morgan fingerprint density at radius 3 is 2.53 bits per heavy atom. The van der Waals surface area contributed by atoms with Crippen LogP contribution >= 0.6 is 11.6 Å². The van der Waals surface area contributed by atoms with Crippen LogP contribution in [0, 0.1) is 13.8 Å². The molecule has 1 aromatic rings. The topological polar surface area (TPSA) is 30.0 Å². The molecule has 0 N–H and O–H groups in total. The summed E-state index contributed by atoms with van der Waals surface area (Å²) in [4.78, 5) is 15.3. The molecule has 0 saturated heterocycles. The zero-order chi connectivity index (χ0) is 11.4. The van der Waals surface area contributed by atoms with Gasteiger partial charge < -0.3 is 0 Å². The number of nitrogens with zero attached hydrogens (tertiary/aromatic N) is 1. The zero-order valence-corrected chi connectivity index (χ0v) is 10.2. The number of unbranched alkanes of at least 4 members (excludes halogenated alkanes) is 1. The molecule has 0 bridgehead atoms. The number of halogens is 1. The van der Waals surface area contributed by atoms with Crippen molar-refractivity contribution >= 4 is 17.9 Å². The summed E-state index contributed by atoms with van der Waals surface area (Å²) >= 11 is 6.00. The Morgan fingerprint density at radius 1 is 1.33 bits per heavy atom. The molecule has 15 heavy (non-hydrogen) atoms. The lowest BCUT2D eigenvalue weighted by atomic mass is 10.0. The number of carbonyl (C=O) groups is 1. The minimum Gasteiger partial charge on any atom is -0.298 e. The van der Waals surface area contributed by atoms with Gasteiger partial charge in [0.05, 0.1) is 5.69 Å². The van der Waals surface area contributed by atoms with Gasteiger partial charge in [0.2, 0.25) is 0 Å². The highest BCUT2D eigenvalue weighted by atomic mass is 35.5. The van der Waals surface area contributed by atoms with Crippen LogP contribution in [0.25, 0.3) is 0 Å². The maximum Gasteiger partial charge on any atom is 0.152 e. The van der Waals surface area contributed by atoms with Crippen LogP contribution in [0.1, 0.15) is 46.9 Å². The summed E-state index contributed by atoms with van der Waals surface area (Å²) in [6, 6.07) is 0. The number of aldehydes is 1. The third-order valence-electron chi connectivity index (χ3n) is 2.70. The minimum atomic E-state index is 0.518. The molecule has 1 rings (SSSR count). The van der Waals surface area contributed by atoms with Gasteiger partial charge in [-0.25, -0.2) is 4.98 Å². The molecule has 0 spiro atoms. The highest BCUT2D eigenvalue weighted by Crippen LogP contribution is 2.22. The maximum atomic E-state index is 11.0. The molecule has 3 heteroatoms. The monoisotopic (exact) mass is 225 g/mol. The van der Waals surface area contributed by atoms with Gasteiger partial charge in [-0.3, -0.25) is 4.79 Å². The van der Waals surface area contributed by atoms with Gasteiger partial charge in [-0.05, 0) is 37.8 Å². The van der Waals surface area contributed by atoms with E-state index in [1.165, 1.54) is 0 Å². The van der Waals surface area contributed by atoms with Crippen LogP contribution in [0.3, 0.4) is 0 Å². The van der Waals surface area contributed by atoms with Crippen molar-refractivity contribution in [3.8, 4) is 0 Å². The number of carbonyl (C=O) groups excluding carboxylic acids is 1. The second-order valence-electron chi connectivity index (χ2n) is 3.73. The molecule has 0 fully saturated rings. The third-order valence-corrected chi connectivity index (χ3v) is 3.07. The highest BCUT2D eigenvalue weighted by Gasteiger charge is 2.11. The summed E-state index contributed by atoms with van der Waals surface area (Å²) < 4.78 is 0. The lowest BCUT2D eigenvalue weighted by Gasteiger charge is -2.10. The standard InChI is InChI=1S/C12H16ClNO/c1-4-5-6-11-10(7-15)8(2)9(3)12(13)14-11/h7H,4-6H2,1-3H3. The summed E-state index contributed by atoms with van der Waals surface area (Å²) in [7, 11) is 0. The lowest BCUT2D eigenvalue weighted by Crippen LogP contribution is -2.03. The van der Waals surface area contributed by atoms with Crippen molar-refractivity contribution in [3.05, 3.63) is 27.5 Å². The molecular weight excluding hydrogens is 210 g/mol. The average molecular weight is 226 g/mol. The first kappa shape index (κ1) is 12.2. The molecule has 1 heterocycles. The van der Waals surface area contributed by atoms with E-state index in [1.807, 2.05) is 13.8 Å². The molecule has 0 aliphatic carbocycles. The summed E-state index contributed by atoms with van der Waals surface area (Å²) in [5.74, 6) is 0.